The van der Waals surface area contributed by atoms with Crippen LogP contribution in [0.25, 0.3) is 0 Å². The molecule has 0 bridgehead atoms. The highest BCUT2D eigenvalue weighted by Gasteiger charge is 2.28. The molecule has 1 aromatic rings. The second kappa shape index (κ2) is 6.03. The number of phenols is 1. The van der Waals surface area contributed by atoms with Gasteiger partial charge in [-0.1, -0.05) is 13.8 Å². The molecule has 0 aromatic heterocycles. The number of hydrogen-bond donors (Lipinski definition) is 3. The van der Waals surface area contributed by atoms with Gasteiger partial charge in [0, 0.05) is 13.1 Å². The molecule has 1 aliphatic rings. The smallest absolute Gasteiger partial charge is 0.337 e. The molecule has 3 N–H and O–H groups in total. The zero-order chi connectivity index (χ0) is 15.6. The zero-order valence-corrected chi connectivity index (χ0v) is 12.2. The molecular formula is C15H20N2O4. The molecule has 114 valence electrons. The molecule has 6 heteroatoms. The average molecular weight is 292 g/mol. The predicted octanol–water partition coefficient (Wildman–Crippen LogP) is 2.60. The molecular weight excluding hydrogens is 272 g/mol. The van der Waals surface area contributed by atoms with Gasteiger partial charge in [-0.25, -0.2) is 9.59 Å². The maximum absolute atomic E-state index is 12.2. The number of aromatic hydroxyl groups is 1. The molecule has 6 nitrogen and oxygen atoms in total. The van der Waals surface area contributed by atoms with E-state index < -0.39 is 5.97 Å². The molecule has 1 unspecified atom stereocenters. The van der Waals surface area contributed by atoms with Gasteiger partial charge in [-0.2, -0.15) is 0 Å². The molecule has 1 fully saturated rings. The number of benzene rings is 1. The topological polar surface area (TPSA) is 89.9 Å². The summed E-state index contributed by atoms with van der Waals surface area (Å²) in [6.07, 6.45) is 0.965. The summed E-state index contributed by atoms with van der Waals surface area (Å²) in [5.41, 5.74) is 0.0706. The fourth-order valence-electron chi connectivity index (χ4n) is 2.53. The molecule has 1 saturated heterocycles. The van der Waals surface area contributed by atoms with E-state index in [1.54, 1.807) is 4.90 Å². The van der Waals surface area contributed by atoms with Gasteiger partial charge in [0.05, 0.1) is 11.3 Å². The highest BCUT2D eigenvalue weighted by molar-refractivity contribution is 6.00. The number of nitrogens with zero attached hydrogens (tertiary/aromatic N) is 1. The number of carbonyl (C=O) groups excluding carboxylic acids is 1. The first-order valence-electron chi connectivity index (χ1n) is 7.00. The van der Waals surface area contributed by atoms with Gasteiger partial charge in [0.25, 0.3) is 0 Å². The van der Waals surface area contributed by atoms with E-state index in [0.717, 1.165) is 12.5 Å². The maximum atomic E-state index is 12.2. The number of carboxylic acids is 1. The van der Waals surface area contributed by atoms with Crippen LogP contribution in [0, 0.1) is 11.8 Å². The molecule has 1 atom stereocenters. The quantitative estimate of drug-likeness (QED) is 0.747. The summed E-state index contributed by atoms with van der Waals surface area (Å²) in [7, 11) is 0. The van der Waals surface area contributed by atoms with Gasteiger partial charge in [-0.3, -0.25) is 0 Å². The van der Waals surface area contributed by atoms with Crippen LogP contribution in [0.3, 0.4) is 0 Å². The standard InChI is InChI=1S/C15H20N2O4/c1-9(2)10-5-6-17(8-10)15(21)16-13-4-3-11(18)7-12(13)14(19)20/h3-4,7,9-10,18H,5-6,8H2,1-2H3,(H,16,21)(H,19,20). The largest absolute Gasteiger partial charge is 0.508 e. The van der Waals surface area contributed by atoms with Crippen LogP contribution in [-0.4, -0.2) is 40.2 Å². The highest BCUT2D eigenvalue weighted by atomic mass is 16.4. The number of phenolic OH excluding ortho intramolecular Hbond substituents is 1. The van der Waals surface area contributed by atoms with Crippen molar-refractivity contribution in [2.45, 2.75) is 20.3 Å². The van der Waals surface area contributed by atoms with Crippen molar-refractivity contribution in [3.05, 3.63) is 23.8 Å². The minimum Gasteiger partial charge on any atom is -0.508 e. The van der Waals surface area contributed by atoms with Crippen molar-refractivity contribution in [3.63, 3.8) is 0 Å². The van der Waals surface area contributed by atoms with Crippen LogP contribution >= 0.6 is 0 Å². The summed E-state index contributed by atoms with van der Waals surface area (Å²) in [5, 5.41) is 21.1. The van der Waals surface area contributed by atoms with Gasteiger partial charge in [-0.15, -0.1) is 0 Å². The van der Waals surface area contributed by atoms with Crippen LogP contribution in [0.1, 0.15) is 30.6 Å². The molecule has 1 aromatic carbocycles. The molecule has 0 radical (unpaired) electrons. The molecule has 0 aliphatic carbocycles. The van der Waals surface area contributed by atoms with E-state index in [1.807, 2.05) is 0 Å². The average Bonchev–Trinajstić information content (AvgIpc) is 2.90. The molecule has 0 spiro atoms. The SMILES string of the molecule is CC(C)C1CCN(C(=O)Nc2ccc(O)cc2C(=O)O)C1. The summed E-state index contributed by atoms with van der Waals surface area (Å²) in [6, 6.07) is 3.57. The lowest BCUT2D eigenvalue weighted by atomic mass is 9.95. The highest BCUT2D eigenvalue weighted by Crippen LogP contribution is 2.26. The number of rotatable bonds is 3. The van der Waals surface area contributed by atoms with Crippen LogP contribution in [-0.2, 0) is 0 Å². The Balaban J connectivity index is 2.09. The zero-order valence-electron chi connectivity index (χ0n) is 12.2. The van der Waals surface area contributed by atoms with E-state index in [1.165, 1.54) is 12.1 Å². The summed E-state index contributed by atoms with van der Waals surface area (Å²) in [6.45, 7) is 5.63. The fourth-order valence-corrected chi connectivity index (χ4v) is 2.53. The van der Waals surface area contributed by atoms with Crippen molar-refractivity contribution in [1.82, 2.24) is 4.90 Å². The van der Waals surface area contributed by atoms with Crippen molar-refractivity contribution in [2.75, 3.05) is 18.4 Å². The van der Waals surface area contributed by atoms with E-state index in [-0.39, 0.29) is 23.0 Å². The monoisotopic (exact) mass is 292 g/mol. The third-order valence-electron chi connectivity index (χ3n) is 3.93. The molecule has 2 rings (SSSR count). The Morgan fingerprint density at radius 2 is 2.10 bits per heavy atom. The fraction of sp³-hybridized carbons (Fsp3) is 0.467. The Bertz CT molecular complexity index is 557. The Hall–Kier alpha value is -2.24. The lowest BCUT2D eigenvalue weighted by Gasteiger charge is -2.19. The van der Waals surface area contributed by atoms with Crippen LogP contribution in [0.4, 0.5) is 10.5 Å². The number of likely N-dealkylation sites (tertiary alicyclic amines) is 1. The van der Waals surface area contributed by atoms with E-state index in [2.05, 4.69) is 19.2 Å². The second-order valence-electron chi connectivity index (χ2n) is 5.70. The summed E-state index contributed by atoms with van der Waals surface area (Å²) >= 11 is 0. The molecule has 0 saturated carbocycles. The van der Waals surface area contributed by atoms with Crippen molar-refractivity contribution in [2.24, 2.45) is 11.8 Å². The first kappa shape index (κ1) is 15.2. The number of nitrogens with one attached hydrogen (secondary N) is 1. The van der Waals surface area contributed by atoms with Crippen molar-refractivity contribution < 1.29 is 19.8 Å². The van der Waals surface area contributed by atoms with Crippen LogP contribution in [0.15, 0.2) is 18.2 Å². The van der Waals surface area contributed by atoms with Gasteiger partial charge in [0.15, 0.2) is 0 Å². The van der Waals surface area contributed by atoms with Gasteiger partial charge in [0.2, 0.25) is 0 Å². The molecule has 2 amide bonds. The number of carbonyl (C=O) groups is 2. The first-order valence-corrected chi connectivity index (χ1v) is 7.00. The predicted molar refractivity (Wildman–Crippen MR) is 78.6 cm³/mol. The minimum atomic E-state index is -1.19. The molecule has 1 aliphatic heterocycles. The van der Waals surface area contributed by atoms with Gasteiger partial charge < -0.3 is 20.4 Å². The second-order valence-corrected chi connectivity index (χ2v) is 5.70. The normalized spacial score (nSPS) is 18.0. The van der Waals surface area contributed by atoms with Crippen LogP contribution < -0.4 is 5.32 Å². The van der Waals surface area contributed by atoms with Crippen LogP contribution in [0.2, 0.25) is 0 Å². The van der Waals surface area contributed by atoms with Gasteiger partial charge in [-0.05, 0) is 36.5 Å². The van der Waals surface area contributed by atoms with Crippen molar-refractivity contribution in [1.29, 1.82) is 0 Å². The van der Waals surface area contributed by atoms with Crippen molar-refractivity contribution >= 4 is 17.7 Å². The van der Waals surface area contributed by atoms with Gasteiger partial charge >= 0.3 is 12.0 Å². The minimum absolute atomic E-state index is 0.122. The lowest BCUT2D eigenvalue weighted by Crippen LogP contribution is -2.33. The Kier molecular flexibility index (Phi) is 4.35. The maximum Gasteiger partial charge on any atom is 0.337 e. The lowest BCUT2D eigenvalue weighted by molar-refractivity contribution is 0.0697. The number of hydrogen-bond acceptors (Lipinski definition) is 3. The van der Waals surface area contributed by atoms with E-state index in [0.29, 0.717) is 24.9 Å². The summed E-state index contributed by atoms with van der Waals surface area (Å²) < 4.78 is 0. The van der Waals surface area contributed by atoms with Crippen LogP contribution in [0.5, 0.6) is 5.75 Å². The summed E-state index contributed by atoms with van der Waals surface area (Å²) in [4.78, 5) is 25.0. The third-order valence-corrected chi connectivity index (χ3v) is 3.93. The summed E-state index contributed by atoms with van der Waals surface area (Å²) in [5.74, 6) is -0.338. The molecule has 1 heterocycles. The number of urea groups is 1. The molecule has 21 heavy (non-hydrogen) atoms. The Labute approximate surface area is 123 Å². The number of carboxylic acid groups (broad SMARTS) is 1. The van der Waals surface area contributed by atoms with Gasteiger partial charge in [0.1, 0.15) is 5.75 Å². The Morgan fingerprint density at radius 3 is 2.67 bits per heavy atom. The van der Waals surface area contributed by atoms with Crippen molar-refractivity contribution in [3.8, 4) is 5.75 Å². The number of anilines is 1. The Morgan fingerprint density at radius 1 is 1.38 bits per heavy atom. The first-order chi connectivity index (χ1) is 9.88. The number of aromatic carboxylic acids is 1. The van der Waals surface area contributed by atoms with E-state index in [9.17, 15) is 14.7 Å². The van der Waals surface area contributed by atoms with E-state index >= 15 is 0 Å². The number of amides is 2. The third kappa shape index (κ3) is 3.45. The van der Waals surface area contributed by atoms with E-state index in [4.69, 9.17) is 5.11 Å².